The van der Waals surface area contributed by atoms with Gasteiger partial charge >= 0.3 is 11.8 Å². The molecule has 186 valence electrons. The van der Waals surface area contributed by atoms with Crippen LogP contribution in [-0.2, 0) is 14.4 Å². The standard InChI is InChI=1S/C27H28N4O5/c1-18-10-7-8-14-22(18)30-24(32)17-36-25-21(13-9-15-23(25)35-3)16-28-31-27(34)26(33)29-19(2)20-11-5-4-6-12-20/h4-16,19H,17H2,1-3H3,(H,29,33)(H,30,32)(H,31,34)/b28-16-/t19-/m0/s1. The van der Waals surface area contributed by atoms with Crippen LogP contribution in [0.1, 0.15) is 29.7 Å². The molecule has 0 unspecified atom stereocenters. The smallest absolute Gasteiger partial charge is 0.329 e. The maximum atomic E-state index is 12.4. The molecule has 0 aliphatic carbocycles. The van der Waals surface area contributed by atoms with E-state index < -0.39 is 11.8 Å². The zero-order chi connectivity index (χ0) is 25.9. The number of methoxy groups -OCH3 is 1. The molecule has 1 atom stereocenters. The fraction of sp³-hybridized carbons (Fsp3) is 0.185. The Hall–Kier alpha value is -4.66. The maximum Gasteiger partial charge on any atom is 0.329 e. The number of para-hydroxylation sites is 2. The molecule has 3 amide bonds. The van der Waals surface area contributed by atoms with E-state index in [1.807, 2.05) is 55.5 Å². The quantitative estimate of drug-likeness (QED) is 0.243. The molecular formula is C27H28N4O5. The fourth-order valence-corrected chi connectivity index (χ4v) is 3.29. The third kappa shape index (κ3) is 7.17. The molecule has 0 aliphatic heterocycles. The van der Waals surface area contributed by atoms with Gasteiger partial charge in [0.2, 0.25) is 0 Å². The van der Waals surface area contributed by atoms with Gasteiger partial charge in [0.05, 0.1) is 19.4 Å². The van der Waals surface area contributed by atoms with Crippen molar-refractivity contribution < 1.29 is 23.9 Å². The van der Waals surface area contributed by atoms with Crippen molar-refractivity contribution in [3.05, 3.63) is 89.5 Å². The van der Waals surface area contributed by atoms with Crippen molar-refractivity contribution in [2.45, 2.75) is 19.9 Å². The molecule has 3 rings (SSSR count). The Morgan fingerprint density at radius 3 is 2.39 bits per heavy atom. The summed E-state index contributed by atoms with van der Waals surface area (Å²) >= 11 is 0. The number of anilines is 1. The highest BCUT2D eigenvalue weighted by Gasteiger charge is 2.17. The SMILES string of the molecule is COc1cccc(/C=N\NC(=O)C(=O)N[C@@H](C)c2ccccc2)c1OCC(=O)Nc1ccccc1C. The Bertz CT molecular complexity index is 1240. The Kier molecular flexibility index (Phi) is 9.16. The second kappa shape index (κ2) is 12.7. The molecule has 3 aromatic carbocycles. The first-order valence-electron chi connectivity index (χ1n) is 11.2. The van der Waals surface area contributed by atoms with E-state index >= 15 is 0 Å². The van der Waals surface area contributed by atoms with Gasteiger partial charge in [-0.15, -0.1) is 0 Å². The zero-order valence-corrected chi connectivity index (χ0v) is 20.3. The van der Waals surface area contributed by atoms with Gasteiger partial charge in [-0.3, -0.25) is 14.4 Å². The van der Waals surface area contributed by atoms with E-state index in [0.717, 1.165) is 11.1 Å². The predicted octanol–water partition coefficient (Wildman–Crippen LogP) is 3.35. The van der Waals surface area contributed by atoms with Crippen molar-refractivity contribution in [3.63, 3.8) is 0 Å². The van der Waals surface area contributed by atoms with Gasteiger partial charge in [-0.2, -0.15) is 5.10 Å². The second-order valence-corrected chi connectivity index (χ2v) is 7.84. The number of hydrogen-bond donors (Lipinski definition) is 3. The fourth-order valence-electron chi connectivity index (χ4n) is 3.29. The monoisotopic (exact) mass is 488 g/mol. The number of amides is 3. The minimum atomic E-state index is -0.919. The zero-order valence-electron chi connectivity index (χ0n) is 20.3. The van der Waals surface area contributed by atoms with Crippen LogP contribution in [0.5, 0.6) is 11.5 Å². The third-order valence-electron chi connectivity index (χ3n) is 5.22. The van der Waals surface area contributed by atoms with Gasteiger partial charge in [0.1, 0.15) is 0 Å². The van der Waals surface area contributed by atoms with Gasteiger partial charge in [0.25, 0.3) is 5.91 Å². The van der Waals surface area contributed by atoms with Crippen LogP contribution < -0.4 is 25.5 Å². The highest BCUT2D eigenvalue weighted by molar-refractivity contribution is 6.35. The summed E-state index contributed by atoms with van der Waals surface area (Å²) in [5.74, 6) is -1.45. The topological polar surface area (TPSA) is 118 Å². The van der Waals surface area contributed by atoms with Crippen LogP contribution in [0.3, 0.4) is 0 Å². The Labute approximate surface area is 209 Å². The van der Waals surface area contributed by atoms with Gasteiger partial charge < -0.3 is 20.1 Å². The third-order valence-corrected chi connectivity index (χ3v) is 5.22. The van der Waals surface area contributed by atoms with E-state index in [0.29, 0.717) is 17.0 Å². The molecule has 36 heavy (non-hydrogen) atoms. The van der Waals surface area contributed by atoms with Crippen molar-refractivity contribution >= 4 is 29.6 Å². The van der Waals surface area contributed by atoms with Crippen LogP contribution >= 0.6 is 0 Å². The van der Waals surface area contributed by atoms with Crippen molar-refractivity contribution in [2.75, 3.05) is 19.0 Å². The largest absolute Gasteiger partial charge is 0.493 e. The summed E-state index contributed by atoms with van der Waals surface area (Å²) in [6.45, 7) is 3.39. The number of carbonyl (C=O) groups is 3. The maximum absolute atomic E-state index is 12.4. The van der Waals surface area contributed by atoms with Gasteiger partial charge in [0.15, 0.2) is 18.1 Å². The lowest BCUT2D eigenvalue weighted by atomic mass is 10.1. The number of ether oxygens (including phenoxy) is 2. The van der Waals surface area contributed by atoms with Crippen molar-refractivity contribution in [2.24, 2.45) is 5.10 Å². The molecule has 3 aromatic rings. The van der Waals surface area contributed by atoms with E-state index in [-0.39, 0.29) is 24.3 Å². The van der Waals surface area contributed by atoms with Crippen LogP contribution in [0.4, 0.5) is 5.69 Å². The second-order valence-electron chi connectivity index (χ2n) is 7.84. The Morgan fingerprint density at radius 2 is 1.67 bits per heavy atom. The average Bonchev–Trinajstić information content (AvgIpc) is 2.89. The summed E-state index contributed by atoms with van der Waals surface area (Å²) in [4.78, 5) is 36.8. The molecule has 0 aliphatic rings. The molecule has 3 N–H and O–H groups in total. The number of carbonyl (C=O) groups excluding carboxylic acids is 3. The molecule has 9 heteroatoms. The van der Waals surface area contributed by atoms with Crippen LogP contribution in [0.25, 0.3) is 0 Å². The van der Waals surface area contributed by atoms with Crippen LogP contribution in [0.15, 0.2) is 77.9 Å². The summed E-state index contributed by atoms with van der Waals surface area (Å²) < 4.78 is 11.1. The van der Waals surface area contributed by atoms with E-state index in [1.165, 1.54) is 13.3 Å². The number of nitrogens with one attached hydrogen (secondary N) is 3. The first kappa shape index (κ1) is 26.0. The molecular weight excluding hydrogens is 460 g/mol. The molecule has 0 bridgehead atoms. The lowest BCUT2D eigenvalue weighted by Gasteiger charge is -2.14. The molecule has 0 saturated carbocycles. The van der Waals surface area contributed by atoms with Crippen LogP contribution in [-0.4, -0.2) is 37.7 Å². The van der Waals surface area contributed by atoms with Gasteiger partial charge in [-0.05, 0) is 43.2 Å². The number of nitrogens with zero attached hydrogens (tertiary/aromatic N) is 1. The van der Waals surface area contributed by atoms with Gasteiger partial charge in [-0.25, -0.2) is 5.43 Å². The van der Waals surface area contributed by atoms with Crippen LogP contribution in [0.2, 0.25) is 0 Å². The number of rotatable bonds is 9. The number of aryl methyl sites for hydroxylation is 1. The molecule has 0 spiro atoms. The van der Waals surface area contributed by atoms with E-state index in [4.69, 9.17) is 9.47 Å². The molecule has 0 saturated heterocycles. The molecule has 0 aromatic heterocycles. The molecule has 0 heterocycles. The minimum absolute atomic E-state index is 0.264. The van der Waals surface area contributed by atoms with Crippen molar-refractivity contribution in [1.82, 2.24) is 10.7 Å². The van der Waals surface area contributed by atoms with E-state index in [2.05, 4.69) is 21.2 Å². The van der Waals surface area contributed by atoms with Gasteiger partial charge in [-0.1, -0.05) is 54.6 Å². The number of hydrazone groups is 1. The van der Waals surface area contributed by atoms with Crippen LogP contribution in [0, 0.1) is 6.92 Å². The van der Waals surface area contributed by atoms with Crippen molar-refractivity contribution in [3.8, 4) is 11.5 Å². The normalized spacial score (nSPS) is 11.4. The summed E-state index contributed by atoms with van der Waals surface area (Å²) in [7, 11) is 1.47. The van der Waals surface area contributed by atoms with E-state index in [9.17, 15) is 14.4 Å². The molecule has 9 nitrogen and oxygen atoms in total. The number of benzene rings is 3. The Morgan fingerprint density at radius 1 is 0.944 bits per heavy atom. The van der Waals surface area contributed by atoms with Crippen molar-refractivity contribution in [1.29, 1.82) is 0 Å². The highest BCUT2D eigenvalue weighted by atomic mass is 16.5. The summed E-state index contributed by atoms with van der Waals surface area (Å²) in [5.41, 5.74) is 5.12. The predicted molar refractivity (Wildman–Crippen MR) is 137 cm³/mol. The summed E-state index contributed by atoms with van der Waals surface area (Å²) in [6.07, 6.45) is 1.31. The van der Waals surface area contributed by atoms with E-state index in [1.54, 1.807) is 31.2 Å². The highest BCUT2D eigenvalue weighted by Crippen LogP contribution is 2.30. The minimum Gasteiger partial charge on any atom is -0.493 e. The summed E-state index contributed by atoms with van der Waals surface area (Å²) in [6, 6.07) is 21.4. The lowest BCUT2D eigenvalue weighted by Crippen LogP contribution is -2.39. The number of hydrogen-bond acceptors (Lipinski definition) is 6. The van der Waals surface area contributed by atoms with Gasteiger partial charge in [0, 0.05) is 11.3 Å². The molecule has 0 radical (unpaired) electrons. The lowest BCUT2D eigenvalue weighted by molar-refractivity contribution is -0.139. The summed E-state index contributed by atoms with van der Waals surface area (Å²) in [5, 5.41) is 9.28. The first-order chi connectivity index (χ1) is 17.4. The Balaban J connectivity index is 1.61. The first-order valence-corrected chi connectivity index (χ1v) is 11.2. The average molecular weight is 489 g/mol. The molecule has 0 fully saturated rings.